The number of carbonyl (C=O) groups is 3. The van der Waals surface area contributed by atoms with E-state index in [1.165, 1.54) is 0 Å². The van der Waals surface area contributed by atoms with Crippen molar-refractivity contribution in [2.75, 3.05) is 98.3 Å². The maximum atomic E-state index is 12.5. The molecule has 13 heteroatoms. The summed E-state index contributed by atoms with van der Waals surface area (Å²) in [5.41, 5.74) is 0. The number of nitrogens with zero attached hydrogens (tertiary/aromatic N) is 4. The zero-order valence-corrected chi connectivity index (χ0v) is 20.8. The molecule has 13 nitrogen and oxygen atoms in total. The minimum absolute atomic E-state index is 0.00382. The molecule has 1 heterocycles. The first-order valence-electron chi connectivity index (χ1n) is 12.2. The lowest BCUT2D eigenvalue weighted by Crippen LogP contribution is -2.50. The summed E-state index contributed by atoms with van der Waals surface area (Å²) in [6, 6.07) is 0. The third kappa shape index (κ3) is 16.4. The second-order valence-corrected chi connectivity index (χ2v) is 8.71. The van der Waals surface area contributed by atoms with Crippen LogP contribution in [0.3, 0.4) is 0 Å². The van der Waals surface area contributed by atoms with Gasteiger partial charge in [-0.05, 0) is 12.8 Å². The number of amides is 1. The number of carbonyl (C=O) groups excluding carboxylic acids is 1. The van der Waals surface area contributed by atoms with Gasteiger partial charge in [-0.1, -0.05) is 6.92 Å². The Balaban J connectivity index is 2.78. The molecule has 0 atom stereocenters. The summed E-state index contributed by atoms with van der Waals surface area (Å²) in [5, 5.41) is 40.3. The molecule has 1 aliphatic rings. The van der Waals surface area contributed by atoms with E-state index in [1.54, 1.807) is 9.80 Å². The summed E-state index contributed by atoms with van der Waals surface area (Å²) in [4.78, 5) is 42.3. The molecule has 1 fully saturated rings. The molecule has 0 unspecified atom stereocenters. The van der Waals surface area contributed by atoms with Gasteiger partial charge in [0.25, 0.3) is 0 Å². The molecular formula is C22H43N5O8. The zero-order valence-electron chi connectivity index (χ0n) is 20.8. The zero-order chi connectivity index (χ0) is 26.1. The van der Waals surface area contributed by atoms with Crippen LogP contribution >= 0.6 is 0 Å². The first-order chi connectivity index (χ1) is 16.7. The van der Waals surface area contributed by atoms with Crippen molar-refractivity contribution in [3.63, 3.8) is 0 Å². The number of hydrogen-bond acceptors (Lipinski definition) is 10. The quantitative estimate of drug-likeness (QED) is 0.126. The summed E-state index contributed by atoms with van der Waals surface area (Å²) in [7, 11) is 0. The maximum Gasteiger partial charge on any atom is 0.317 e. The molecule has 35 heavy (non-hydrogen) atoms. The highest BCUT2D eigenvalue weighted by atomic mass is 16.5. The molecule has 204 valence electrons. The highest BCUT2D eigenvalue weighted by Crippen LogP contribution is 2.02. The number of aliphatic hydroxyl groups is 2. The number of ether oxygens (including phenoxy) is 1. The molecule has 1 amide bonds. The third-order valence-corrected chi connectivity index (χ3v) is 5.57. The van der Waals surface area contributed by atoms with Gasteiger partial charge in [0.1, 0.15) is 0 Å². The number of carboxylic acid groups (broad SMARTS) is 2. The smallest absolute Gasteiger partial charge is 0.317 e. The molecule has 0 aromatic heterocycles. The standard InChI is InChI=1S/C22H43N5O8/c1-2-13-35-14-3-4-23-19(28)15-24-5-7-25(16-20(29)30)9-11-27(18-22(33)34)12-10-26(8-6-24)17-21(31)32/h20,29-30H,2-18H2,1H3,(H,23,28)(H,31,32)(H,33,34). The molecule has 1 saturated heterocycles. The van der Waals surface area contributed by atoms with Gasteiger partial charge < -0.3 is 30.5 Å². The molecule has 0 bridgehead atoms. The number of nitrogens with one attached hydrogen (secondary N) is 1. The molecule has 1 aliphatic heterocycles. The van der Waals surface area contributed by atoms with Crippen LogP contribution in [0.25, 0.3) is 0 Å². The first-order valence-corrected chi connectivity index (χ1v) is 12.2. The Morgan fingerprint density at radius 1 is 0.771 bits per heavy atom. The predicted octanol–water partition coefficient (Wildman–Crippen LogP) is -2.38. The minimum atomic E-state index is -1.53. The Morgan fingerprint density at radius 2 is 1.23 bits per heavy atom. The van der Waals surface area contributed by atoms with Crippen molar-refractivity contribution in [3.05, 3.63) is 0 Å². The van der Waals surface area contributed by atoms with Gasteiger partial charge in [0.2, 0.25) is 5.91 Å². The van der Waals surface area contributed by atoms with Crippen molar-refractivity contribution in [3.8, 4) is 0 Å². The lowest BCUT2D eigenvalue weighted by molar-refractivity contribution is -0.140. The number of hydrogen-bond donors (Lipinski definition) is 5. The topological polar surface area (TPSA) is 166 Å². The summed E-state index contributed by atoms with van der Waals surface area (Å²) >= 11 is 0. The van der Waals surface area contributed by atoms with Gasteiger partial charge in [-0.3, -0.25) is 34.0 Å². The lowest BCUT2D eigenvalue weighted by Gasteiger charge is -2.33. The predicted molar refractivity (Wildman–Crippen MR) is 128 cm³/mol. The second-order valence-electron chi connectivity index (χ2n) is 8.71. The van der Waals surface area contributed by atoms with Gasteiger partial charge in [0, 0.05) is 78.7 Å². The van der Waals surface area contributed by atoms with E-state index in [2.05, 4.69) is 5.32 Å². The number of β-amino-alcohol motifs (C(OH)–C–C–N with tert-alkyl or cyclic N) is 2. The van der Waals surface area contributed by atoms with E-state index in [4.69, 9.17) is 4.74 Å². The van der Waals surface area contributed by atoms with Gasteiger partial charge in [-0.2, -0.15) is 0 Å². The number of aliphatic carboxylic acids is 2. The Labute approximate surface area is 207 Å². The number of carboxylic acids is 2. The van der Waals surface area contributed by atoms with E-state index < -0.39 is 18.2 Å². The monoisotopic (exact) mass is 505 g/mol. The SMILES string of the molecule is CCCOCCCNC(=O)CN1CCN(CC(=O)O)CCN(CC(=O)O)CCN(CC(O)O)CC1. The Hall–Kier alpha value is -1.87. The fourth-order valence-electron chi connectivity index (χ4n) is 3.76. The summed E-state index contributed by atoms with van der Waals surface area (Å²) < 4.78 is 5.41. The van der Waals surface area contributed by atoms with E-state index in [9.17, 15) is 34.8 Å². The Bertz CT molecular complexity index is 625. The maximum absolute atomic E-state index is 12.5. The van der Waals surface area contributed by atoms with Gasteiger partial charge in [-0.15, -0.1) is 0 Å². The number of aliphatic hydroxyl groups excluding tert-OH is 1. The van der Waals surface area contributed by atoms with Gasteiger partial charge >= 0.3 is 11.9 Å². The number of rotatable bonds is 14. The van der Waals surface area contributed by atoms with Crippen LogP contribution < -0.4 is 5.32 Å². The first kappa shape index (κ1) is 31.2. The van der Waals surface area contributed by atoms with Crippen molar-refractivity contribution in [1.82, 2.24) is 24.9 Å². The molecule has 0 saturated carbocycles. The average Bonchev–Trinajstić information content (AvgIpc) is 2.77. The average molecular weight is 506 g/mol. The molecule has 5 N–H and O–H groups in total. The van der Waals surface area contributed by atoms with Crippen LogP contribution in [-0.2, 0) is 19.1 Å². The molecule has 0 spiro atoms. The van der Waals surface area contributed by atoms with E-state index in [0.29, 0.717) is 78.5 Å². The van der Waals surface area contributed by atoms with Crippen LogP contribution in [-0.4, -0.2) is 162 Å². The summed E-state index contributed by atoms with van der Waals surface area (Å²) in [6.45, 7) is 6.82. The largest absolute Gasteiger partial charge is 0.480 e. The second kappa shape index (κ2) is 18.4. The summed E-state index contributed by atoms with van der Waals surface area (Å²) in [6.07, 6.45) is 0.128. The molecular weight excluding hydrogens is 462 g/mol. The van der Waals surface area contributed by atoms with Crippen molar-refractivity contribution >= 4 is 17.8 Å². The fraction of sp³-hybridized carbons (Fsp3) is 0.864. The minimum Gasteiger partial charge on any atom is -0.480 e. The highest BCUT2D eigenvalue weighted by Gasteiger charge is 2.20. The van der Waals surface area contributed by atoms with Crippen LogP contribution in [0.1, 0.15) is 19.8 Å². The van der Waals surface area contributed by atoms with Gasteiger partial charge in [0.05, 0.1) is 19.6 Å². The lowest BCUT2D eigenvalue weighted by atomic mass is 10.3. The fourth-order valence-corrected chi connectivity index (χ4v) is 3.76. The third-order valence-electron chi connectivity index (χ3n) is 5.57. The van der Waals surface area contributed by atoms with Crippen molar-refractivity contribution in [2.45, 2.75) is 26.1 Å². The van der Waals surface area contributed by atoms with E-state index in [1.807, 2.05) is 16.7 Å². The van der Waals surface area contributed by atoms with Crippen molar-refractivity contribution < 1.29 is 39.5 Å². The Kier molecular flexibility index (Phi) is 16.4. The van der Waals surface area contributed by atoms with E-state index >= 15 is 0 Å². The normalized spacial score (nSPS) is 18.2. The van der Waals surface area contributed by atoms with E-state index in [-0.39, 0.29) is 32.1 Å². The van der Waals surface area contributed by atoms with Gasteiger partial charge in [0.15, 0.2) is 6.29 Å². The van der Waals surface area contributed by atoms with Crippen LogP contribution in [0.4, 0.5) is 0 Å². The molecule has 0 aliphatic carbocycles. The van der Waals surface area contributed by atoms with Crippen molar-refractivity contribution in [1.29, 1.82) is 0 Å². The van der Waals surface area contributed by atoms with Crippen LogP contribution in [0, 0.1) is 0 Å². The van der Waals surface area contributed by atoms with Crippen LogP contribution in [0.5, 0.6) is 0 Å². The summed E-state index contributed by atoms with van der Waals surface area (Å²) in [5.74, 6) is -2.09. The molecule has 0 aromatic carbocycles. The van der Waals surface area contributed by atoms with Crippen molar-refractivity contribution in [2.24, 2.45) is 0 Å². The van der Waals surface area contributed by atoms with E-state index in [0.717, 1.165) is 6.42 Å². The van der Waals surface area contributed by atoms with Crippen LogP contribution in [0.15, 0.2) is 0 Å². The molecule has 1 rings (SSSR count). The van der Waals surface area contributed by atoms with Crippen LogP contribution in [0.2, 0.25) is 0 Å². The Morgan fingerprint density at radius 3 is 1.66 bits per heavy atom. The van der Waals surface area contributed by atoms with Gasteiger partial charge in [-0.25, -0.2) is 0 Å². The molecule has 0 radical (unpaired) electrons. The highest BCUT2D eigenvalue weighted by molar-refractivity contribution is 5.78. The molecule has 0 aromatic rings.